The molecule has 0 saturated carbocycles. The minimum atomic E-state index is -0.194. The van der Waals surface area contributed by atoms with E-state index in [9.17, 15) is 4.79 Å². The number of rotatable bonds is 3. The summed E-state index contributed by atoms with van der Waals surface area (Å²) in [7, 11) is 0. The van der Waals surface area contributed by atoms with Crippen LogP contribution in [0.1, 0.15) is 18.2 Å². The summed E-state index contributed by atoms with van der Waals surface area (Å²) >= 11 is 6.10. The predicted octanol–water partition coefficient (Wildman–Crippen LogP) is 2.50. The second-order valence-corrected chi connectivity index (χ2v) is 5.34. The van der Waals surface area contributed by atoms with Crippen molar-refractivity contribution in [2.24, 2.45) is 0 Å². The Morgan fingerprint density at radius 3 is 3.15 bits per heavy atom. The number of aromatic nitrogens is 1. The lowest BCUT2D eigenvalue weighted by Crippen LogP contribution is -2.25. The van der Waals surface area contributed by atoms with Gasteiger partial charge in [-0.2, -0.15) is 0 Å². The molecule has 0 spiro atoms. The van der Waals surface area contributed by atoms with Crippen molar-refractivity contribution in [2.75, 3.05) is 13.2 Å². The Balaban J connectivity index is 2.12. The quantitative estimate of drug-likeness (QED) is 0.884. The van der Waals surface area contributed by atoms with E-state index in [1.165, 1.54) is 11.3 Å². The Morgan fingerprint density at radius 2 is 2.35 bits per heavy atom. The standard InChI is InChI=1S/C15H17ClN2O2/c1-2-20-15(19)9-18-13-4-3-10(16)7-11(13)12-8-17-6-5-14(12)18/h3-4,7,17H,2,5-6,8-9H2,1H3. The molecular formula is C15H17ClN2O2. The lowest BCUT2D eigenvalue weighted by atomic mass is 10.1. The second-order valence-electron chi connectivity index (χ2n) is 4.90. The van der Waals surface area contributed by atoms with Crippen LogP contribution in [0.5, 0.6) is 0 Å². The van der Waals surface area contributed by atoms with Crippen LogP contribution in [0.4, 0.5) is 0 Å². The lowest BCUT2D eigenvalue weighted by molar-refractivity contribution is -0.143. The highest BCUT2D eigenvalue weighted by Crippen LogP contribution is 2.30. The van der Waals surface area contributed by atoms with Crippen LogP contribution in [0.25, 0.3) is 10.9 Å². The molecule has 106 valence electrons. The van der Waals surface area contributed by atoms with Gasteiger partial charge in [0, 0.05) is 41.1 Å². The largest absolute Gasteiger partial charge is 0.465 e. The Labute approximate surface area is 122 Å². The molecule has 1 aromatic heterocycles. The van der Waals surface area contributed by atoms with Gasteiger partial charge in [0.25, 0.3) is 0 Å². The molecule has 0 aliphatic carbocycles. The Bertz CT molecular complexity index is 663. The highest BCUT2D eigenvalue weighted by Gasteiger charge is 2.21. The van der Waals surface area contributed by atoms with Crippen molar-refractivity contribution < 1.29 is 9.53 Å². The van der Waals surface area contributed by atoms with Gasteiger partial charge in [0.15, 0.2) is 0 Å². The maximum atomic E-state index is 11.8. The van der Waals surface area contributed by atoms with Crippen LogP contribution in [0, 0.1) is 0 Å². The van der Waals surface area contributed by atoms with Crippen LogP contribution in [0.2, 0.25) is 5.02 Å². The molecule has 5 heteroatoms. The lowest BCUT2D eigenvalue weighted by Gasteiger charge is -2.16. The van der Waals surface area contributed by atoms with Gasteiger partial charge in [-0.3, -0.25) is 4.79 Å². The molecule has 4 nitrogen and oxygen atoms in total. The van der Waals surface area contributed by atoms with E-state index in [4.69, 9.17) is 16.3 Å². The van der Waals surface area contributed by atoms with Crippen LogP contribution in [-0.4, -0.2) is 23.7 Å². The third-order valence-corrected chi connectivity index (χ3v) is 3.92. The van der Waals surface area contributed by atoms with Gasteiger partial charge in [-0.05, 0) is 30.7 Å². The van der Waals surface area contributed by atoms with E-state index in [1.54, 1.807) is 0 Å². The van der Waals surface area contributed by atoms with Crippen LogP contribution < -0.4 is 5.32 Å². The number of halogens is 1. The Morgan fingerprint density at radius 1 is 1.50 bits per heavy atom. The van der Waals surface area contributed by atoms with Gasteiger partial charge in [0.1, 0.15) is 6.54 Å². The third kappa shape index (κ3) is 2.30. The van der Waals surface area contributed by atoms with Gasteiger partial charge in [-0.25, -0.2) is 0 Å². The fraction of sp³-hybridized carbons (Fsp3) is 0.400. The van der Waals surface area contributed by atoms with Crippen molar-refractivity contribution in [2.45, 2.75) is 26.4 Å². The number of fused-ring (bicyclic) bond motifs is 3. The molecule has 1 aromatic carbocycles. The summed E-state index contributed by atoms with van der Waals surface area (Å²) in [6.45, 7) is 4.25. The second kappa shape index (κ2) is 5.46. The van der Waals surface area contributed by atoms with Crippen LogP contribution in [0.3, 0.4) is 0 Å². The first-order chi connectivity index (χ1) is 9.70. The van der Waals surface area contributed by atoms with E-state index in [1.807, 2.05) is 25.1 Å². The average Bonchev–Trinajstić information content (AvgIpc) is 2.74. The highest BCUT2D eigenvalue weighted by atomic mass is 35.5. The van der Waals surface area contributed by atoms with Gasteiger partial charge in [-0.15, -0.1) is 0 Å². The summed E-state index contributed by atoms with van der Waals surface area (Å²) in [5.41, 5.74) is 3.52. The first-order valence-electron chi connectivity index (χ1n) is 6.86. The van der Waals surface area contributed by atoms with Gasteiger partial charge < -0.3 is 14.6 Å². The topological polar surface area (TPSA) is 43.3 Å². The number of nitrogens with one attached hydrogen (secondary N) is 1. The zero-order valence-electron chi connectivity index (χ0n) is 11.4. The molecule has 1 aliphatic heterocycles. The molecule has 1 N–H and O–H groups in total. The Kier molecular flexibility index (Phi) is 3.68. The molecule has 0 atom stereocenters. The molecule has 0 radical (unpaired) electrons. The molecule has 0 bridgehead atoms. The molecule has 1 aliphatic rings. The van der Waals surface area contributed by atoms with E-state index in [2.05, 4.69) is 9.88 Å². The highest BCUT2D eigenvalue weighted by molar-refractivity contribution is 6.31. The number of carbonyl (C=O) groups excluding carboxylic acids is 1. The molecule has 20 heavy (non-hydrogen) atoms. The maximum Gasteiger partial charge on any atom is 0.325 e. The van der Waals surface area contributed by atoms with E-state index >= 15 is 0 Å². The fourth-order valence-electron chi connectivity index (χ4n) is 2.87. The first-order valence-corrected chi connectivity index (χ1v) is 7.24. The minimum absolute atomic E-state index is 0.194. The summed E-state index contributed by atoms with van der Waals surface area (Å²) in [5.74, 6) is -0.194. The number of esters is 1. The predicted molar refractivity (Wildman–Crippen MR) is 79.0 cm³/mol. The van der Waals surface area contributed by atoms with Crippen molar-refractivity contribution in [3.63, 3.8) is 0 Å². The van der Waals surface area contributed by atoms with Crippen molar-refractivity contribution in [3.05, 3.63) is 34.5 Å². The van der Waals surface area contributed by atoms with Crippen molar-refractivity contribution in [1.82, 2.24) is 9.88 Å². The molecule has 0 saturated heterocycles. The summed E-state index contributed by atoms with van der Waals surface area (Å²) in [6.07, 6.45) is 0.918. The summed E-state index contributed by atoms with van der Waals surface area (Å²) in [4.78, 5) is 11.8. The molecule has 3 rings (SSSR count). The van der Waals surface area contributed by atoms with Crippen molar-refractivity contribution >= 4 is 28.5 Å². The maximum absolute atomic E-state index is 11.8. The number of benzene rings is 1. The van der Waals surface area contributed by atoms with Crippen LogP contribution >= 0.6 is 11.6 Å². The van der Waals surface area contributed by atoms with Crippen molar-refractivity contribution in [1.29, 1.82) is 0 Å². The van der Waals surface area contributed by atoms with Gasteiger partial charge in [0.2, 0.25) is 0 Å². The normalized spacial score (nSPS) is 14.3. The van der Waals surface area contributed by atoms with Crippen LogP contribution in [0.15, 0.2) is 18.2 Å². The van der Waals surface area contributed by atoms with Crippen molar-refractivity contribution in [3.8, 4) is 0 Å². The first kappa shape index (κ1) is 13.5. The molecule has 2 aromatic rings. The summed E-state index contributed by atoms with van der Waals surface area (Å²) in [6, 6.07) is 5.82. The molecule has 2 heterocycles. The molecule has 0 unspecified atom stereocenters. The monoisotopic (exact) mass is 292 g/mol. The van der Waals surface area contributed by atoms with E-state index in [-0.39, 0.29) is 12.5 Å². The minimum Gasteiger partial charge on any atom is -0.465 e. The van der Waals surface area contributed by atoms with E-state index in [0.717, 1.165) is 35.4 Å². The van der Waals surface area contributed by atoms with Gasteiger partial charge >= 0.3 is 5.97 Å². The zero-order valence-corrected chi connectivity index (χ0v) is 12.2. The summed E-state index contributed by atoms with van der Waals surface area (Å²) < 4.78 is 7.15. The van der Waals surface area contributed by atoms with Crippen LogP contribution in [-0.2, 0) is 29.0 Å². The van der Waals surface area contributed by atoms with E-state index < -0.39 is 0 Å². The number of carbonyl (C=O) groups is 1. The molecule has 0 fully saturated rings. The number of nitrogens with zero attached hydrogens (tertiary/aromatic N) is 1. The van der Waals surface area contributed by atoms with Gasteiger partial charge in [0.05, 0.1) is 6.61 Å². The fourth-order valence-corrected chi connectivity index (χ4v) is 3.04. The molecule has 0 amide bonds. The zero-order chi connectivity index (χ0) is 14.1. The smallest absolute Gasteiger partial charge is 0.325 e. The molecular weight excluding hydrogens is 276 g/mol. The number of ether oxygens (including phenoxy) is 1. The van der Waals surface area contributed by atoms with Gasteiger partial charge in [-0.1, -0.05) is 11.6 Å². The van der Waals surface area contributed by atoms with E-state index in [0.29, 0.717) is 6.61 Å². The third-order valence-electron chi connectivity index (χ3n) is 3.68. The Hall–Kier alpha value is -1.52. The number of hydrogen-bond donors (Lipinski definition) is 1. The average molecular weight is 293 g/mol. The SMILES string of the molecule is CCOC(=O)Cn1c2c(c3cc(Cl)ccc31)CNCC2. The summed E-state index contributed by atoms with van der Waals surface area (Å²) in [5, 5.41) is 5.22. The number of hydrogen-bond acceptors (Lipinski definition) is 3.